The minimum atomic E-state index is 0.0240. The predicted octanol–water partition coefficient (Wildman–Crippen LogP) is 3.53. The Morgan fingerprint density at radius 1 is 1.53 bits per heavy atom. The molecule has 2 saturated carbocycles. The lowest BCUT2D eigenvalue weighted by molar-refractivity contribution is 0.156. The van der Waals surface area contributed by atoms with Gasteiger partial charge in [-0.25, -0.2) is 0 Å². The zero-order valence-electron chi connectivity index (χ0n) is 10.3. The zero-order chi connectivity index (χ0) is 11.1. The highest BCUT2D eigenvalue weighted by Crippen LogP contribution is 2.68. The average Bonchev–Trinajstić information content (AvgIpc) is 2.82. The van der Waals surface area contributed by atoms with Gasteiger partial charge < -0.3 is 5.11 Å². The Balaban J connectivity index is 1.83. The third-order valence-corrected chi connectivity index (χ3v) is 4.68. The quantitative estimate of drug-likeness (QED) is 0.701. The molecule has 2 fully saturated rings. The van der Waals surface area contributed by atoms with Gasteiger partial charge in [0.25, 0.3) is 0 Å². The third-order valence-electron chi connectivity index (χ3n) is 4.68. The van der Waals surface area contributed by atoms with Gasteiger partial charge in [0.1, 0.15) is 0 Å². The van der Waals surface area contributed by atoms with Crippen LogP contribution in [0, 0.1) is 17.3 Å². The van der Waals surface area contributed by atoms with Crippen LogP contribution < -0.4 is 0 Å². The van der Waals surface area contributed by atoms with Crippen molar-refractivity contribution in [3.63, 3.8) is 0 Å². The Bertz CT molecular complexity index is 265. The molecular formula is C14H24O. The van der Waals surface area contributed by atoms with Gasteiger partial charge in [-0.15, -0.1) is 0 Å². The summed E-state index contributed by atoms with van der Waals surface area (Å²) in [6, 6.07) is 0. The summed E-state index contributed by atoms with van der Waals surface area (Å²) in [5, 5.41) is 9.76. The summed E-state index contributed by atoms with van der Waals surface area (Å²) in [5.41, 5.74) is 1.98. The maximum atomic E-state index is 9.76. The van der Waals surface area contributed by atoms with E-state index >= 15 is 0 Å². The fraction of sp³-hybridized carbons (Fsp3) is 0.857. The van der Waals surface area contributed by atoms with Crippen LogP contribution in [0.4, 0.5) is 0 Å². The van der Waals surface area contributed by atoms with Crippen LogP contribution in [0.1, 0.15) is 52.9 Å². The summed E-state index contributed by atoms with van der Waals surface area (Å²) >= 11 is 0. The highest BCUT2D eigenvalue weighted by Gasteiger charge is 2.63. The molecule has 0 aromatic rings. The van der Waals surface area contributed by atoms with Gasteiger partial charge in [-0.3, -0.25) is 0 Å². The van der Waals surface area contributed by atoms with E-state index in [9.17, 15) is 5.11 Å². The predicted molar refractivity (Wildman–Crippen MR) is 63.6 cm³/mol. The van der Waals surface area contributed by atoms with Crippen molar-refractivity contribution in [1.82, 2.24) is 0 Å². The van der Waals surface area contributed by atoms with E-state index < -0.39 is 0 Å². The molecule has 2 rings (SSSR count). The van der Waals surface area contributed by atoms with Gasteiger partial charge in [0.15, 0.2) is 0 Å². The topological polar surface area (TPSA) is 20.2 Å². The molecule has 0 aliphatic heterocycles. The number of rotatable bonds is 4. The molecule has 1 N–H and O–H groups in total. The number of aliphatic hydroxyl groups excluding tert-OH is 1. The molecular weight excluding hydrogens is 184 g/mol. The summed E-state index contributed by atoms with van der Waals surface area (Å²) in [5.74, 6) is 1.45. The largest absolute Gasteiger partial charge is 0.393 e. The number of hydrogen-bond donors (Lipinski definition) is 1. The first-order chi connectivity index (χ1) is 7.06. The number of aliphatic hydroxyl groups is 1. The Morgan fingerprint density at radius 3 is 2.73 bits per heavy atom. The lowest BCUT2D eigenvalue weighted by Crippen LogP contribution is -2.12. The lowest BCUT2D eigenvalue weighted by atomic mass is 9.85. The highest BCUT2D eigenvalue weighted by molar-refractivity contribution is 5.12. The summed E-state index contributed by atoms with van der Waals surface area (Å²) in [6.45, 7) is 6.72. The van der Waals surface area contributed by atoms with E-state index in [0.29, 0.717) is 11.3 Å². The molecule has 0 spiro atoms. The Labute approximate surface area is 93.6 Å². The van der Waals surface area contributed by atoms with E-state index in [1.807, 2.05) is 0 Å². The van der Waals surface area contributed by atoms with Gasteiger partial charge in [-0.05, 0) is 63.2 Å². The van der Waals surface area contributed by atoms with Crippen molar-refractivity contribution in [3.8, 4) is 0 Å². The molecule has 15 heavy (non-hydrogen) atoms. The van der Waals surface area contributed by atoms with Gasteiger partial charge in [0.05, 0.1) is 6.10 Å². The number of fused-ring (bicyclic) bond motifs is 1. The van der Waals surface area contributed by atoms with Crippen LogP contribution in [0.15, 0.2) is 11.6 Å². The molecule has 0 radical (unpaired) electrons. The molecule has 0 heterocycles. The first-order valence-electron chi connectivity index (χ1n) is 6.38. The van der Waals surface area contributed by atoms with Crippen LogP contribution in [-0.4, -0.2) is 11.2 Å². The standard InChI is InChI=1S/C14H24O/c1-10(2)5-4-6-11(3)14-8-7-13(15)12(14)9-14/h5,11-13,15H,4,6-9H2,1-3H3/t11-,12?,13?,14?/m0/s1. The molecule has 4 atom stereocenters. The molecule has 2 aliphatic rings. The summed E-state index contributed by atoms with van der Waals surface area (Å²) < 4.78 is 0. The Kier molecular flexibility index (Phi) is 2.94. The summed E-state index contributed by atoms with van der Waals surface area (Å²) in [4.78, 5) is 0. The number of allylic oxidation sites excluding steroid dienone is 2. The van der Waals surface area contributed by atoms with E-state index in [0.717, 1.165) is 12.3 Å². The average molecular weight is 208 g/mol. The monoisotopic (exact) mass is 208 g/mol. The van der Waals surface area contributed by atoms with Crippen molar-refractivity contribution in [1.29, 1.82) is 0 Å². The van der Waals surface area contributed by atoms with Crippen molar-refractivity contribution in [2.45, 2.75) is 59.0 Å². The molecule has 0 aromatic carbocycles. The van der Waals surface area contributed by atoms with E-state index in [1.54, 1.807) is 0 Å². The zero-order valence-corrected chi connectivity index (χ0v) is 10.3. The van der Waals surface area contributed by atoms with Gasteiger partial charge in [0, 0.05) is 0 Å². The minimum absolute atomic E-state index is 0.0240. The van der Waals surface area contributed by atoms with E-state index in [-0.39, 0.29) is 6.10 Å². The summed E-state index contributed by atoms with van der Waals surface area (Å²) in [7, 11) is 0. The van der Waals surface area contributed by atoms with Crippen molar-refractivity contribution in [2.75, 3.05) is 0 Å². The van der Waals surface area contributed by atoms with Crippen LogP contribution in [-0.2, 0) is 0 Å². The van der Waals surface area contributed by atoms with E-state index in [1.165, 1.54) is 31.3 Å². The van der Waals surface area contributed by atoms with Crippen molar-refractivity contribution < 1.29 is 5.11 Å². The fourth-order valence-corrected chi connectivity index (χ4v) is 3.50. The van der Waals surface area contributed by atoms with Gasteiger partial charge in [0.2, 0.25) is 0 Å². The molecule has 2 aliphatic carbocycles. The molecule has 86 valence electrons. The van der Waals surface area contributed by atoms with Gasteiger partial charge >= 0.3 is 0 Å². The molecule has 0 saturated heterocycles. The third kappa shape index (κ3) is 1.99. The van der Waals surface area contributed by atoms with Gasteiger partial charge in [-0.1, -0.05) is 18.6 Å². The molecule has 3 unspecified atom stereocenters. The van der Waals surface area contributed by atoms with Crippen LogP contribution in [0.2, 0.25) is 0 Å². The first kappa shape index (κ1) is 11.2. The summed E-state index contributed by atoms with van der Waals surface area (Å²) in [6.07, 6.45) is 8.51. The fourth-order valence-electron chi connectivity index (χ4n) is 3.50. The van der Waals surface area contributed by atoms with Gasteiger partial charge in [-0.2, -0.15) is 0 Å². The maximum Gasteiger partial charge on any atom is 0.0574 e. The minimum Gasteiger partial charge on any atom is -0.393 e. The smallest absolute Gasteiger partial charge is 0.0574 e. The second kappa shape index (κ2) is 3.93. The highest BCUT2D eigenvalue weighted by atomic mass is 16.3. The molecule has 0 bridgehead atoms. The first-order valence-corrected chi connectivity index (χ1v) is 6.38. The molecule has 0 amide bonds. The van der Waals surface area contributed by atoms with E-state index in [4.69, 9.17) is 0 Å². The second-order valence-electron chi connectivity index (χ2n) is 5.91. The van der Waals surface area contributed by atoms with Crippen LogP contribution in [0.25, 0.3) is 0 Å². The molecule has 1 nitrogen and oxygen atoms in total. The normalized spacial score (nSPS) is 39.7. The van der Waals surface area contributed by atoms with Crippen LogP contribution >= 0.6 is 0 Å². The Morgan fingerprint density at radius 2 is 2.27 bits per heavy atom. The maximum absolute atomic E-state index is 9.76. The van der Waals surface area contributed by atoms with E-state index in [2.05, 4.69) is 26.8 Å². The van der Waals surface area contributed by atoms with Crippen molar-refractivity contribution in [2.24, 2.45) is 17.3 Å². The molecule has 0 aromatic heterocycles. The molecule has 1 heteroatoms. The second-order valence-corrected chi connectivity index (χ2v) is 5.91. The van der Waals surface area contributed by atoms with Crippen LogP contribution in [0.3, 0.4) is 0 Å². The Hall–Kier alpha value is -0.300. The SMILES string of the molecule is CC(C)=CCC[C@H](C)C12CCC(O)C1C2. The van der Waals surface area contributed by atoms with Crippen LogP contribution in [0.5, 0.6) is 0 Å². The lowest BCUT2D eigenvalue weighted by Gasteiger charge is -2.20. The van der Waals surface area contributed by atoms with Crippen molar-refractivity contribution >= 4 is 0 Å². The van der Waals surface area contributed by atoms with Crippen molar-refractivity contribution in [3.05, 3.63) is 11.6 Å². The number of hydrogen-bond acceptors (Lipinski definition) is 1.